The van der Waals surface area contributed by atoms with E-state index in [-0.39, 0.29) is 52.5 Å². The summed E-state index contributed by atoms with van der Waals surface area (Å²) in [7, 11) is 0. The van der Waals surface area contributed by atoms with Gasteiger partial charge in [0.05, 0.1) is 0 Å². The van der Waals surface area contributed by atoms with Crippen LogP contribution in [-0.4, -0.2) is 4.93 Å². The van der Waals surface area contributed by atoms with Crippen molar-refractivity contribution in [3.05, 3.63) is 0 Å². The average Bonchev–Trinajstić information content (AvgIpc) is 1.00. The number of rotatable bonds is 0. The first-order valence-electron chi connectivity index (χ1n) is 0.378. The predicted molar refractivity (Wildman–Crippen MR) is 19.9 cm³/mol. The third-order valence-corrected chi connectivity index (χ3v) is 0. The predicted octanol–water partition coefficient (Wildman–Crippen LogP) is -4.94. The number of hydrogen-bond donors (Lipinski definition) is 0. The number of halogens is 3. The molecule has 0 spiro atoms. The third kappa shape index (κ3) is 22.3. The first kappa shape index (κ1) is 26.8. The summed E-state index contributed by atoms with van der Waals surface area (Å²) in [5, 5.41) is 0. The van der Waals surface area contributed by atoms with Crippen molar-refractivity contribution in [2.75, 3.05) is 4.93 Å². The zero-order chi connectivity index (χ0) is 2.00. The zero-order valence-electron chi connectivity index (χ0n) is 2.84. The van der Waals surface area contributed by atoms with Crippen LogP contribution in [-0.2, 0) is 27.7 Å². The van der Waals surface area contributed by atoms with Gasteiger partial charge in [0.2, 0.25) is 0 Å². The van der Waals surface area contributed by atoms with Crippen LogP contribution in [0.5, 0.6) is 0 Å². The Morgan fingerprint density at radius 2 is 1.00 bits per heavy atom. The Balaban J connectivity index is -0.00000000167. The molecular formula is CH3Cl2HgI. The Bertz CT molecular complexity index is 9.61. The van der Waals surface area contributed by atoms with Crippen LogP contribution >= 0.6 is 22.6 Å². The summed E-state index contributed by atoms with van der Waals surface area (Å²) < 4.78 is 0. The van der Waals surface area contributed by atoms with Crippen molar-refractivity contribution >= 4 is 22.6 Å². The van der Waals surface area contributed by atoms with Crippen LogP contribution in [0.2, 0.25) is 0 Å². The number of alkyl halides is 1. The Labute approximate surface area is 78.9 Å². The summed E-state index contributed by atoms with van der Waals surface area (Å²) in [6, 6.07) is 0. The van der Waals surface area contributed by atoms with Crippen LogP contribution in [0.15, 0.2) is 0 Å². The monoisotopic (exact) mass is 414 g/mol. The summed E-state index contributed by atoms with van der Waals surface area (Å²) in [6.07, 6.45) is 0. The van der Waals surface area contributed by atoms with Gasteiger partial charge in [0, 0.05) is 0 Å². The topological polar surface area (TPSA) is 0 Å². The second-order valence-electron chi connectivity index (χ2n) is 0. The molecule has 0 amide bonds. The van der Waals surface area contributed by atoms with Crippen LogP contribution in [0.4, 0.5) is 0 Å². The van der Waals surface area contributed by atoms with Crippen molar-refractivity contribution in [3.8, 4) is 0 Å². The second-order valence-corrected chi connectivity index (χ2v) is 0. The molecule has 5 heavy (non-hydrogen) atoms. The SMILES string of the molecule is CI.[Cl-].[Cl-].[Hg+2]. The van der Waals surface area contributed by atoms with E-state index in [2.05, 4.69) is 22.6 Å². The van der Waals surface area contributed by atoms with E-state index in [1.165, 1.54) is 0 Å². The minimum absolute atomic E-state index is 0. The van der Waals surface area contributed by atoms with Crippen LogP contribution in [0.3, 0.4) is 0 Å². The fourth-order valence-corrected chi connectivity index (χ4v) is 0. The molecule has 0 fully saturated rings. The normalized spacial score (nSPS) is 1.20. The minimum atomic E-state index is 0. The summed E-state index contributed by atoms with van der Waals surface area (Å²) in [5.74, 6) is 0. The largest absolute Gasteiger partial charge is 2.00 e. The van der Waals surface area contributed by atoms with E-state index < -0.39 is 0 Å². The van der Waals surface area contributed by atoms with E-state index in [1.54, 1.807) is 0 Å². The van der Waals surface area contributed by atoms with E-state index in [1.807, 2.05) is 4.93 Å². The van der Waals surface area contributed by atoms with E-state index in [9.17, 15) is 0 Å². The smallest absolute Gasteiger partial charge is 1.00 e. The molecule has 0 aliphatic rings. The molecule has 30 valence electrons. The van der Waals surface area contributed by atoms with Crippen LogP contribution in [0.25, 0.3) is 0 Å². The molecule has 0 radical (unpaired) electrons. The van der Waals surface area contributed by atoms with Gasteiger partial charge in [-0.15, -0.1) is 0 Å². The number of hydrogen-bond acceptors (Lipinski definition) is 0. The third-order valence-electron chi connectivity index (χ3n) is 0. The molecule has 4 heteroatoms. The van der Waals surface area contributed by atoms with Crippen molar-refractivity contribution in [1.82, 2.24) is 0 Å². The van der Waals surface area contributed by atoms with Crippen LogP contribution < -0.4 is 24.8 Å². The zero-order valence-corrected chi connectivity index (χ0v) is 12.0. The molecule has 0 aliphatic heterocycles. The van der Waals surface area contributed by atoms with Crippen molar-refractivity contribution < 1.29 is 52.5 Å². The molecule has 0 atom stereocenters. The second kappa shape index (κ2) is 34.1. The Kier molecular flexibility index (Phi) is 183. The van der Waals surface area contributed by atoms with Gasteiger partial charge in [0.15, 0.2) is 0 Å². The molecule has 0 saturated heterocycles. The first-order chi connectivity index (χ1) is 1.00. The van der Waals surface area contributed by atoms with Gasteiger partial charge in [-0.1, -0.05) is 22.6 Å². The van der Waals surface area contributed by atoms with E-state index in [0.717, 1.165) is 0 Å². The molecule has 0 aromatic heterocycles. The van der Waals surface area contributed by atoms with Crippen LogP contribution in [0, 0.1) is 0 Å². The van der Waals surface area contributed by atoms with Crippen molar-refractivity contribution in [2.45, 2.75) is 0 Å². The van der Waals surface area contributed by atoms with Crippen molar-refractivity contribution in [1.29, 1.82) is 0 Å². The van der Waals surface area contributed by atoms with Crippen molar-refractivity contribution in [3.63, 3.8) is 0 Å². The maximum atomic E-state index is 2.15. The maximum absolute atomic E-state index is 2.15. The fourth-order valence-electron chi connectivity index (χ4n) is 0. The van der Waals surface area contributed by atoms with Gasteiger partial charge in [0.1, 0.15) is 0 Å². The molecule has 0 bridgehead atoms. The van der Waals surface area contributed by atoms with Gasteiger partial charge < -0.3 is 24.8 Å². The minimum Gasteiger partial charge on any atom is -1.00 e. The molecule has 0 rings (SSSR count). The molecule has 0 aliphatic carbocycles. The van der Waals surface area contributed by atoms with Gasteiger partial charge in [0.25, 0.3) is 0 Å². The molecule has 0 nitrogen and oxygen atoms in total. The van der Waals surface area contributed by atoms with Gasteiger partial charge in [-0.2, -0.15) is 0 Å². The van der Waals surface area contributed by atoms with Gasteiger partial charge >= 0.3 is 27.7 Å². The standard InChI is InChI=1S/CH3I.2ClH.Hg/c1-2;;;/h1H3;2*1H;/q;;;+2/p-2. The summed E-state index contributed by atoms with van der Waals surface area (Å²) in [5.41, 5.74) is 0. The molecule has 0 N–H and O–H groups in total. The van der Waals surface area contributed by atoms with Gasteiger partial charge in [-0.05, 0) is 4.93 Å². The Morgan fingerprint density at radius 3 is 1.00 bits per heavy atom. The van der Waals surface area contributed by atoms with E-state index in [0.29, 0.717) is 0 Å². The Hall–Kier alpha value is 2.25. The molecule has 0 aromatic rings. The van der Waals surface area contributed by atoms with Gasteiger partial charge in [-0.25, -0.2) is 0 Å². The fraction of sp³-hybridized carbons (Fsp3) is 1.00. The molecule has 0 unspecified atom stereocenters. The molecule has 0 aromatic carbocycles. The summed E-state index contributed by atoms with van der Waals surface area (Å²) in [4.78, 5) is 1.97. The Morgan fingerprint density at radius 1 is 1.00 bits per heavy atom. The quantitative estimate of drug-likeness (QED) is 0.212. The summed E-state index contributed by atoms with van der Waals surface area (Å²) in [6.45, 7) is 0. The van der Waals surface area contributed by atoms with Crippen LogP contribution in [0.1, 0.15) is 0 Å². The van der Waals surface area contributed by atoms with E-state index >= 15 is 0 Å². The summed E-state index contributed by atoms with van der Waals surface area (Å²) >= 11 is 2.15. The molecular weight excluding hydrogens is 410 g/mol. The molecule has 0 heterocycles. The average molecular weight is 413 g/mol. The van der Waals surface area contributed by atoms with Gasteiger partial charge in [-0.3, -0.25) is 0 Å². The molecule has 0 saturated carbocycles. The maximum Gasteiger partial charge on any atom is 2.00 e. The van der Waals surface area contributed by atoms with E-state index in [4.69, 9.17) is 0 Å². The first-order valence-corrected chi connectivity index (χ1v) is 2.54. The van der Waals surface area contributed by atoms with Crippen molar-refractivity contribution in [2.24, 2.45) is 0 Å².